The Morgan fingerprint density at radius 1 is 1.15 bits per heavy atom. The van der Waals surface area contributed by atoms with E-state index < -0.39 is 0 Å². The molecule has 7 heteroatoms. The van der Waals surface area contributed by atoms with Crippen LogP contribution in [-0.4, -0.2) is 112 Å². The van der Waals surface area contributed by atoms with Gasteiger partial charge in [-0.15, -0.1) is 0 Å². The summed E-state index contributed by atoms with van der Waals surface area (Å²) in [5.41, 5.74) is 0. The molecule has 26 heavy (non-hydrogen) atoms. The van der Waals surface area contributed by atoms with Crippen molar-refractivity contribution in [3.63, 3.8) is 0 Å². The Morgan fingerprint density at radius 2 is 1.92 bits per heavy atom. The minimum atomic E-state index is 0.484. The third-order valence-corrected chi connectivity index (χ3v) is 5.96. The fraction of sp³-hybridized carbons (Fsp3) is 0.947. The lowest BCUT2D eigenvalue weighted by molar-refractivity contribution is -0.0175. The molecule has 3 atom stereocenters. The number of nitrogens with one attached hydrogen (secondary N) is 1. The van der Waals surface area contributed by atoms with Crippen molar-refractivity contribution in [2.24, 2.45) is 10.9 Å². The lowest BCUT2D eigenvalue weighted by Crippen LogP contribution is -2.53. The number of guanidine groups is 1. The van der Waals surface area contributed by atoms with Crippen LogP contribution in [-0.2, 0) is 9.47 Å². The van der Waals surface area contributed by atoms with Crippen molar-refractivity contribution in [3.05, 3.63) is 0 Å². The van der Waals surface area contributed by atoms with Crippen LogP contribution in [0.1, 0.15) is 20.3 Å². The van der Waals surface area contributed by atoms with Gasteiger partial charge >= 0.3 is 0 Å². The van der Waals surface area contributed by atoms with Crippen LogP contribution in [0.3, 0.4) is 0 Å². The molecule has 0 aromatic carbocycles. The first kappa shape index (κ1) is 19.9. The number of nitrogens with zero attached hydrogens (tertiary/aromatic N) is 4. The van der Waals surface area contributed by atoms with Crippen LogP contribution in [0.2, 0.25) is 0 Å². The van der Waals surface area contributed by atoms with Crippen molar-refractivity contribution in [3.8, 4) is 0 Å². The van der Waals surface area contributed by atoms with Gasteiger partial charge in [0.1, 0.15) is 0 Å². The van der Waals surface area contributed by atoms with Crippen molar-refractivity contribution in [1.29, 1.82) is 0 Å². The van der Waals surface area contributed by atoms with Crippen LogP contribution in [0.5, 0.6) is 0 Å². The summed E-state index contributed by atoms with van der Waals surface area (Å²) in [5.74, 6) is 1.80. The lowest BCUT2D eigenvalue weighted by Gasteiger charge is -2.38. The van der Waals surface area contributed by atoms with E-state index in [2.05, 4.69) is 38.9 Å². The molecule has 0 bridgehead atoms. The third kappa shape index (κ3) is 5.31. The molecule has 0 saturated carbocycles. The second-order valence-electron chi connectivity index (χ2n) is 7.95. The van der Waals surface area contributed by atoms with Crippen molar-refractivity contribution in [2.45, 2.75) is 32.4 Å². The van der Waals surface area contributed by atoms with E-state index in [9.17, 15) is 0 Å². The van der Waals surface area contributed by atoms with E-state index in [4.69, 9.17) is 9.47 Å². The molecule has 0 radical (unpaired) electrons. The van der Waals surface area contributed by atoms with Crippen molar-refractivity contribution >= 4 is 5.96 Å². The average Bonchev–Trinajstić information content (AvgIpc) is 3.11. The molecule has 3 unspecified atom stereocenters. The predicted molar refractivity (Wildman–Crippen MR) is 105 cm³/mol. The second kappa shape index (κ2) is 9.88. The summed E-state index contributed by atoms with van der Waals surface area (Å²) in [6, 6.07) is 0.977. The molecule has 3 fully saturated rings. The van der Waals surface area contributed by atoms with Crippen molar-refractivity contribution < 1.29 is 9.47 Å². The Balaban J connectivity index is 1.42. The molecule has 1 N–H and O–H groups in total. The summed E-state index contributed by atoms with van der Waals surface area (Å²) in [6.07, 6.45) is 1.26. The van der Waals surface area contributed by atoms with E-state index in [1.165, 1.54) is 13.0 Å². The van der Waals surface area contributed by atoms with Gasteiger partial charge in [0.2, 0.25) is 0 Å². The van der Waals surface area contributed by atoms with Gasteiger partial charge in [0, 0.05) is 64.9 Å². The van der Waals surface area contributed by atoms with Gasteiger partial charge in [-0.3, -0.25) is 14.8 Å². The molecule has 3 aliphatic rings. The molecule has 0 aromatic heterocycles. The van der Waals surface area contributed by atoms with Crippen molar-refractivity contribution in [1.82, 2.24) is 20.0 Å². The van der Waals surface area contributed by atoms with Gasteiger partial charge in [-0.1, -0.05) is 0 Å². The molecule has 3 saturated heterocycles. The van der Waals surface area contributed by atoms with Gasteiger partial charge in [-0.25, -0.2) is 0 Å². The van der Waals surface area contributed by atoms with Gasteiger partial charge in [0.15, 0.2) is 5.96 Å². The zero-order valence-corrected chi connectivity index (χ0v) is 16.8. The average molecular weight is 368 g/mol. The molecule has 7 nitrogen and oxygen atoms in total. The van der Waals surface area contributed by atoms with E-state index in [1.807, 2.05) is 7.05 Å². The quantitative estimate of drug-likeness (QED) is 0.558. The second-order valence-corrected chi connectivity index (χ2v) is 7.95. The first-order valence-corrected chi connectivity index (χ1v) is 10.3. The van der Waals surface area contributed by atoms with E-state index in [0.717, 1.165) is 77.6 Å². The third-order valence-electron chi connectivity index (χ3n) is 5.96. The normalized spacial score (nSPS) is 30.6. The Hall–Kier alpha value is -0.890. The summed E-state index contributed by atoms with van der Waals surface area (Å²) in [5, 5.41) is 3.61. The summed E-state index contributed by atoms with van der Waals surface area (Å²) in [4.78, 5) is 12.1. The molecular weight excluding hydrogens is 330 g/mol. The van der Waals surface area contributed by atoms with Crippen molar-refractivity contribution in [2.75, 3.05) is 79.3 Å². The SMILES string of the molecule is CN=C(NCC(C)N1CCOCC1C)N1CCC(CN2CCOCC2)C1. The fourth-order valence-corrected chi connectivity index (χ4v) is 4.41. The van der Waals surface area contributed by atoms with Crippen LogP contribution in [0.25, 0.3) is 0 Å². The Kier molecular flexibility index (Phi) is 7.54. The first-order valence-electron chi connectivity index (χ1n) is 10.3. The number of hydrogen-bond acceptors (Lipinski definition) is 5. The lowest BCUT2D eigenvalue weighted by atomic mass is 10.1. The van der Waals surface area contributed by atoms with Crippen LogP contribution in [0.4, 0.5) is 0 Å². The van der Waals surface area contributed by atoms with Crippen LogP contribution >= 0.6 is 0 Å². The van der Waals surface area contributed by atoms with Crippen LogP contribution in [0, 0.1) is 5.92 Å². The maximum atomic E-state index is 5.56. The Bertz CT molecular complexity index is 455. The smallest absolute Gasteiger partial charge is 0.193 e. The maximum absolute atomic E-state index is 5.56. The predicted octanol–water partition coefficient (Wildman–Crippen LogP) is 0.325. The van der Waals surface area contributed by atoms with Gasteiger partial charge in [-0.2, -0.15) is 0 Å². The zero-order chi connectivity index (χ0) is 18.4. The van der Waals surface area contributed by atoms with Gasteiger partial charge in [-0.05, 0) is 26.2 Å². The monoisotopic (exact) mass is 367 g/mol. The van der Waals surface area contributed by atoms with Gasteiger partial charge < -0.3 is 19.7 Å². The van der Waals surface area contributed by atoms with E-state index in [-0.39, 0.29) is 0 Å². The molecule has 0 amide bonds. The first-order chi connectivity index (χ1) is 12.7. The maximum Gasteiger partial charge on any atom is 0.193 e. The molecule has 3 heterocycles. The zero-order valence-electron chi connectivity index (χ0n) is 16.8. The molecule has 3 rings (SSSR count). The Morgan fingerprint density at radius 3 is 2.65 bits per heavy atom. The van der Waals surface area contributed by atoms with E-state index in [0.29, 0.717) is 12.1 Å². The summed E-state index contributed by atoms with van der Waals surface area (Å²) < 4.78 is 11.0. The number of rotatable bonds is 5. The summed E-state index contributed by atoms with van der Waals surface area (Å²) in [6.45, 7) is 15.5. The van der Waals surface area contributed by atoms with Gasteiger partial charge in [0.25, 0.3) is 0 Å². The van der Waals surface area contributed by atoms with Gasteiger partial charge in [0.05, 0.1) is 26.4 Å². The van der Waals surface area contributed by atoms with E-state index >= 15 is 0 Å². The highest BCUT2D eigenvalue weighted by atomic mass is 16.5. The van der Waals surface area contributed by atoms with E-state index in [1.54, 1.807) is 0 Å². The molecule has 0 spiro atoms. The Labute approximate surface area is 158 Å². The number of hydrogen-bond donors (Lipinski definition) is 1. The minimum Gasteiger partial charge on any atom is -0.379 e. The number of morpholine rings is 2. The highest BCUT2D eigenvalue weighted by Crippen LogP contribution is 2.18. The highest BCUT2D eigenvalue weighted by molar-refractivity contribution is 5.80. The molecule has 3 aliphatic heterocycles. The number of aliphatic imine (C=N–C) groups is 1. The largest absolute Gasteiger partial charge is 0.379 e. The number of ether oxygens (including phenoxy) is 2. The topological polar surface area (TPSA) is 52.6 Å². The molecular formula is C19H37N5O2. The van der Waals surface area contributed by atoms with Crippen LogP contribution < -0.4 is 5.32 Å². The molecule has 0 aliphatic carbocycles. The molecule has 150 valence electrons. The summed E-state index contributed by atoms with van der Waals surface area (Å²) >= 11 is 0. The molecule has 0 aromatic rings. The van der Waals surface area contributed by atoms with Crippen LogP contribution in [0.15, 0.2) is 4.99 Å². The minimum absolute atomic E-state index is 0.484. The number of likely N-dealkylation sites (tertiary alicyclic amines) is 1. The summed E-state index contributed by atoms with van der Waals surface area (Å²) in [7, 11) is 1.90. The highest BCUT2D eigenvalue weighted by Gasteiger charge is 2.28. The standard InChI is InChI=1S/C19H37N5O2/c1-16(24-8-11-26-15-17(24)2)12-21-19(20-3)23-5-4-18(14-23)13-22-6-9-25-10-7-22/h16-18H,4-15H2,1-3H3,(H,20,21). The fourth-order valence-electron chi connectivity index (χ4n) is 4.41.